The van der Waals surface area contributed by atoms with E-state index in [2.05, 4.69) is 29.0 Å². The fraction of sp³-hybridized carbons (Fsp3) is 0.625. The van der Waals surface area contributed by atoms with Crippen LogP contribution in [-0.4, -0.2) is 54.7 Å². The highest BCUT2D eigenvalue weighted by atomic mass is 16.3. The Morgan fingerprint density at radius 3 is 2.16 bits per heavy atom. The second-order valence-corrected chi connectivity index (χ2v) is 6.15. The molecule has 0 saturated carbocycles. The third-order valence-electron chi connectivity index (χ3n) is 3.97. The van der Waals surface area contributed by atoms with Crippen LogP contribution in [-0.2, 0) is 12.0 Å². The smallest absolute Gasteiger partial charge is 0.0840 e. The van der Waals surface area contributed by atoms with Gasteiger partial charge in [-0.15, -0.1) is 0 Å². The Balaban J connectivity index is 1.83. The number of rotatable bonds is 4. The molecular formula is C16H26N2O. The third kappa shape index (κ3) is 4.30. The van der Waals surface area contributed by atoms with Gasteiger partial charge in [-0.1, -0.05) is 24.3 Å². The molecule has 0 atom stereocenters. The first-order valence-corrected chi connectivity index (χ1v) is 7.18. The highest BCUT2D eigenvalue weighted by Gasteiger charge is 2.16. The van der Waals surface area contributed by atoms with E-state index in [1.807, 2.05) is 26.0 Å². The van der Waals surface area contributed by atoms with Crippen molar-refractivity contribution in [3.63, 3.8) is 0 Å². The molecule has 0 radical (unpaired) electrons. The second-order valence-electron chi connectivity index (χ2n) is 6.15. The molecule has 19 heavy (non-hydrogen) atoms. The molecule has 1 N–H and O–H groups in total. The zero-order chi connectivity index (χ0) is 13.9. The fourth-order valence-electron chi connectivity index (χ4n) is 2.44. The molecular weight excluding hydrogens is 236 g/mol. The number of aliphatic hydroxyl groups is 1. The van der Waals surface area contributed by atoms with Gasteiger partial charge >= 0.3 is 0 Å². The molecule has 106 valence electrons. The zero-order valence-electron chi connectivity index (χ0n) is 12.4. The van der Waals surface area contributed by atoms with E-state index in [4.69, 9.17) is 0 Å². The van der Waals surface area contributed by atoms with Gasteiger partial charge in [0.2, 0.25) is 0 Å². The zero-order valence-corrected chi connectivity index (χ0v) is 12.4. The summed E-state index contributed by atoms with van der Waals surface area (Å²) in [4.78, 5) is 4.92. The molecule has 1 aliphatic heterocycles. The van der Waals surface area contributed by atoms with Crippen LogP contribution >= 0.6 is 0 Å². The van der Waals surface area contributed by atoms with E-state index in [1.165, 1.54) is 31.7 Å². The Bertz CT molecular complexity index is 386. The molecule has 3 nitrogen and oxygen atoms in total. The number of benzene rings is 1. The Hall–Kier alpha value is -0.900. The molecule has 1 fully saturated rings. The monoisotopic (exact) mass is 262 g/mol. The summed E-state index contributed by atoms with van der Waals surface area (Å²) >= 11 is 0. The van der Waals surface area contributed by atoms with Gasteiger partial charge in [-0.05, 0) is 38.4 Å². The van der Waals surface area contributed by atoms with Crippen molar-refractivity contribution < 1.29 is 5.11 Å². The van der Waals surface area contributed by atoms with Gasteiger partial charge in [0, 0.05) is 32.7 Å². The van der Waals surface area contributed by atoms with E-state index in [0.29, 0.717) is 0 Å². The summed E-state index contributed by atoms with van der Waals surface area (Å²) in [6.45, 7) is 9.50. The van der Waals surface area contributed by atoms with Gasteiger partial charge in [0.05, 0.1) is 5.60 Å². The molecule has 1 saturated heterocycles. The van der Waals surface area contributed by atoms with E-state index in [0.717, 1.165) is 18.5 Å². The van der Waals surface area contributed by atoms with Crippen LogP contribution in [0.15, 0.2) is 24.3 Å². The normalized spacial score (nSPS) is 18.7. The lowest BCUT2D eigenvalue weighted by atomic mass is 9.97. The minimum atomic E-state index is -0.740. The quantitative estimate of drug-likeness (QED) is 0.895. The summed E-state index contributed by atoms with van der Waals surface area (Å²) in [5.74, 6) is 0. The Labute approximate surface area is 116 Å². The lowest BCUT2D eigenvalue weighted by molar-refractivity contribution is 0.0786. The molecule has 1 aliphatic rings. The van der Waals surface area contributed by atoms with E-state index < -0.39 is 5.60 Å². The molecule has 0 aromatic heterocycles. The largest absolute Gasteiger partial charge is 0.386 e. The minimum Gasteiger partial charge on any atom is -0.386 e. The number of nitrogens with zero attached hydrogens (tertiary/aromatic N) is 2. The van der Waals surface area contributed by atoms with Crippen LogP contribution in [0.3, 0.4) is 0 Å². The predicted octanol–water partition coefficient (Wildman–Crippen LogP) is 1.70. The highest BCUT2D eigenvalue weighted by molar-refractivity contribution is 5.26. The number of piperazine rings is 1. The van der Waals surface area contributed by atoms with E-state index in [9.17, 15) is 5.11 Å². The Morgan fingerprint density at radius 1 is 1.05 bits per heavy atom. The van der Waals surface area contributed by atoms with Gasteiger partial charge in [0.1, 0.15) is 0 Å². The van der Waals surface area contributed by atoms with Gasteiger partial charge in [0.25, 0.3) is 0 Å². The molecule has 2 rings (SSSR count). The molecule has 0 aliphatic carbocycles. The maximum Gasteiger partial charge on any atom is 0.0840 e. The van der Waals surface area contributed by atoms with E-state index in [-0.39, 0.29) is 0 Å². The van der Waals surface area contributed by atoms with Gasteiger partial charge in [-0.3, -0.25) is 0 Å². The van der Waals surface area contributed by atoms with Crippen molar-refractivity contribution >= 4 is 0 Å². The van der Waals surface area contributed by atoms with Gasteiger partial charge in [-0.2, -0.15) is 0 Å². The average Bonchev–Trinajstić information content (AvgIpc) is 2.37. The summed E-state index contributed by atoms with van der Waals surface area (Å²) in [6.07, 6.45) is 1.09. The van der Waals surface area contributed by atoms with Crippen LogP contribution in [0.2, 0.25) is 0 Å². The molecule has 0 amide bonds. The third-order valence-corrected chi connectivity index (χ3v) is 3.97. The van der Waals surface area contributed by atoms with Crippen molar-refractivity contribution in [1.29, 1.82) is 0 Å². The van der Waals surface area contributed by atoms with Gasteiger partial charge < -0.3 is 14.9 Å². The summed E-state index contributed by atoms with van der Waals surface area (Å²) in [6, 6.07) is 8.37. The van der Waals surface area contributed by atoms with Crippen molar-refractivity contribution in [2.24, 2.45) is 0 Å². The van der Waals surface area contributed by atoms with Crippen LogP contribution in [0, 0.1) is 0 Å². The van der Waals surface area contributed by atoms with Crippen molar-refractivity contribution in [3.8, 4) is 0 Å². The molecule has 0 bridgehead atoms. The molecule has 1 aromatic carbocycles. The molecule has 1 aromatic rings. The Morgan fingerprint density at radius 2 is 1.63 bits per heavy atom. The van der Waals surface area contributed by atoms with Crippen molar-refractivity contribution in [2.75, 3.05) is 39.8 Å². The lowest BCUT2D eigenvalue weighted by Crippen LogP contribution is -2.45. The van der Waals surface area contributed by atoms with Crippen LogP contribution in [0.5, 0.6) is 0 Å². The lowest BCUT2D eigenvalue weighted by Gasteiger charge is -2.32. The van der Waals surface area contributed by atoms with E-state index >= 15 is 0 Å². The van der Waals surface area contributed by atoms with Crippen LogP contribution in [0.1, 0.15) is 25.0 Å². The number of hydrogen-bond acceptors (Lipinski definition) is 3. The minimum absolute atomic E-state index is 0.740. The highest BCUT2D eigenvalue weighted by Crippen LogP contribution is 2.19. The van der Waals surface area contributed by atoms with Crippen LogP contribution in [0.25, 0.3) is 0 Å². The fourth-order valence-corrected chi connectivity index (χ4v) is 2.44. The first kappa shape index (κ1) is 14.5. The first-order chi connectivity index (χ1) is 8.95. The molecule has 0 spiro atoms. The summed E-state index contributed by atoms with van der Waals surface area (Å²) in [5, 5.41) is 9.93. The number of hydrogen-bond donors (Lipinski definition) is 1. The van der Waals surface area contributed by atoms with Crippen LogP contribution in [0.4, 0.5) is 0 Å². The summed E-state index contributed by atoms with van der Waals surface area (Å²) in [7, 11) is 2.19. The topological polar surface area (TPSA) is 26.7 Å². The van der Waals surface area contributed by atoms with Crippen molar-refractivity contribution in [2.45, 2.75) is 25.9 Å². The maximum absolute atomic E-state index is 9.93. The van der Waals surface area contributed by atoms with Crippen molar-refractivity contribution in [1.82, 2.24) is 9.80 Å². The van der Waals surface area contributed by atoms with E-state index in [1.54, 1.807) is 0 Å². The first-order valence-electron chi connectivity index (χ1n) is 7.18. The Kier molecular flexibility index (Phi) is 4.61. The standard InChI is InChI=1S/C16H26N2O/c1-16(2,19)15-6-4-14(5-7-15)8-9-18-12-10-17(3)11-13-18/h4-7,19H,8-13H2,1-3H3. The summed E-state index contributed by atoms with van der Waals surface area (Å²) in [5.41, 5.74) is 1.60. The van der Waals surface area contributed by atoms with Crippen LogP contribution < -0.4 is 0 Å². The molecule has 1 heterocycles. The predicted molar refractivity (Wildman–Crippen MR) is 79.3 cm³/mol. The maximum atomic E-state index is 9.93. The molecule has 3 heteroatoms. The van der Waals surface area contributed by atoms with Crippen molar-refractivity contribution in [3.05, 3.63) is 35.4 Å². The second kappa shape index (κ2) is 6.04. The average molecular weight is 262 g/mol. The van der Waals surface area contributed by atoms with Gasteiger partial charge in [0.15, 0.2) is 0 Å². The SMILES string of the molecule is CN1CCN(CCc2ccc(C(C)(C)O)cc2)CC1. The van der Waals surface area contributed by atoms with Gasteiger partial charge in [-0.25, -0.2) is 0 Å². The molecule has 0 unspecified atom stereocenters. The summed E-state index contributed by atoms with van der Waals surface area (Å²) < 4.78 is 0. The number of likely N-dealkylation sites (N-methyl/N-ethyl adjacent to an activating group) is 1.